The third-order valence-corrected chi connectivity index (χ3v) is 3.96. The highest BCUT2D eigenvalue weighted by Crippen LogP contribution is 2.52. The Hall–Kier alpha value is -1.38. The molecule has 0 amide bonds. The lowest BCUT2D eigenvalue weighted by Gasteiger charge is -2.19. The molecule has 0 aliphatic heterocycles. The maximum Gasteiger partial charge on any atom is 0.476 e. The fourth-order valence-electron chi connectivity index (χ4n) is 1.48. The van der Waals surface area contributed by atoms with Crippen molar-refractivity contribution in [1.29, 1.82) is 5.26 Å². The maximum atomic E-state index is 12.2. The molecule has 110 valence electrons. The van der Waals surface area contributed by atoms with Gasteiger partial charge in [0.2, 0.25) is 0 Å². The minimum atomic E-state index is -3.73. The van der Waals surface area contributed by atoms with Gasteiger partial charge in [0.25, 0.3) is 0 Å². The van der Waals surface area contributed by atoms with Gasteiger partial charge in [0.05, 0.1) is 26.4 Å². The standard InChI is InChI=1S/C13H18NO5P/c1-4-17-20(15,18-5-2)19-13(10-14)11-6-8-12(16-3)9-7-11/h6-9,13H,4-5H2,1-3H3. The van der Waals surface area contributed by atoms with Gasteiger partial charge in [-0.15, -0.1) is 0 Å². The number of phosphoric acid groups is 1. The number of nitriles is 1. The number of methoxy groups -OCH3 is 1. The predicted molar refractivity (Wildman–Crippen MR) is 73.3 cm³/mol. The average Bonchev–Trinajstić information content (AvgIpc) is 2.45. The summed E-state index contributed by atoms with van der Waals surface area (Å²) in [5.41, 5.74) is 0.549. The van der Waals surface area contributed by atoms with Gasteiger partial charge in [-0.05, 0) is 31.5 Å². The molecule has 0 spiro atoms. The summed E-state index contributed by atoms with van der Waals surface area (Å²) in [5.74, 6) is 0.656. The van der Waals surface area contributed by atoms with Crippen molar-refractivity contribution in [2.24, 2.45) is 0 Å². The van der Waals surface area contributed by atoms with Crippen molar-refractivity contribution in [3.05, 3.63) is 29.8 Å². The summed E-state index contributed by atoms with van der Waals surface area (Å²) in [6, 6.07) is 8.64. The zero-order valence-electron chi connectivity index (χ0n) is 11.7. The van der Waals surface area contributed by atoms with E-state index in [1.807, 2.05) is 6.07 Å². The molecular weight excluding hydrogens is 281 g/mol. The topological polar surface area (TPSA) is 77.8 Å². The molecule has 20 heavy (non-hydrogen) atoms. The highest BCUT2D eigenvalue weighted by Gasteiger charge is 2.30. The summed E-state index contributed by atoms with van der Waals surface area (Å²) in [6.07, 6.45) is -1.04. The molecule has 6 nitrogen and oxygen atoms in total. The van der Waals surface area contributed by atoms with Crippen LogP contribution in [0.1, 0.15) is 25.5 Å². The molecule has 0 fully saturated rings. The van der Waals surface area contributed by atoms with Crippen molar-refractivity contribution in [3.63, 3.8) is 0 Å². The van der Waals surface area contributed by atoms with E-state index in [1.54, 1.807) is 45.2 Å². The van der Waals surface area contributed by atoms with Crippen molar-refractivity contribution in [2.75, 3.05) is 20.3 Å². The van der Waals surface area contributed by atoms with Gasteiger partial charge in [-0.2, -0.15) is 5.26 Å². The minimum absolute atomic E-state index is 0.165. The molecule has 1 unspecified atom stereocenters. The molecule has 0 radical (unpaired) electrons. The van der Waals surface area contributed by atoms with E-state index in [9.17, 15) is 4.57 Å². The summed E-state index contributed by atoms with van der Waals surface area (Å²) in [4.78, 5) is 0. The number of phosphoric ester groups is 1. The highest BCUT2D eigenvalue weighted by atomic mass is 31.2. The Morgan fingerprint density at radius 3 is 2.15 bits per heavy atom. The number of nitrogens with zero attached hydrogens (tertiary/aromatic N) is 1. The quantitative estimate of drug-likeness (QED) is 0.684. The first-order valence-corrected chi connectivity index (χ1v) is 7.65. The van der Waals surface area contributed by atoms with Gasteiger partial charge in [0.15, 0.2) is 6.10 Å². The van der Waals surface area contributed by atoms with Crippen LogP contribution in [0.25, 0.3) is 0 Å². The van der Waals surface area contributed by atoms with Crippen LogP contribution in [0.2, 0.25) is 0 Å². The Morgan fingerprint density at radius 2 is 1.75 bits per heavy atom. The Kier molecular flexibility index (Phi) is 6.69. The molecule has 0 saturated carbocycles. The van der Waals surface area contributed by atoms with E-state index in [0.29, 0.717) is 11.3 Å². The lowest BCUT2D eigenvalue weighted by molar-refractivity contribution is 0.103. The fourth-order valence-corrected chi connectivity index (χ4v) is 2.74. The zero-order chi connectivity index (χ0) is 15.0. The van der Waals surface area contributed by atoms with Crippen LogP contribution < -0.4 is 4.74 Å². The van der Waals surface area contributed by atoms with Gasteiger partial charge in [0.1, 0.15) is 5.75 Å². The Balaban J connectivity index is 2.89. The molecule has 1 atom stereocenters. The van der Waals surface area contributed by atoms with E-state index in [4.69, 9.17) is 23.6 Å². The van der Waals surface area contributed by atoms with Crippen LogP contribution in [0.5, 0.6) is 5.75 Å². The van der Waals surface area contributed by atoms with Gasteiger partial charge >= 0.3 is 7.82 Å². The smallest absolute Gasteiger partial charge is 0.476 e. The first-order chi connectivity index (χ1) is 9.58. The Bertz CT molecular complexity index is 486. The number of ether oxygens (including phenoxy) is 1. The number of benzene rings is 1. The molecule has 0 bridgehead atoms. The van der Waals surface area contributed by atoms with Crippen molar-refractivity contribution in [3.8, 4) is 11.8 Å². The zero-order valence-corrected chi connectivity index (χ0v) is 12.6. The highest BCUT2D eigenvalue weighted by molar-refractivity contribution is 7.48. The SMILES string of the molecule is CCOP(=O)(OCC)OC(C#N)c1ccc(OC)cc1. The molecule has 0 saturated heterocycles. The second kappa shape index (κ2) is 8.03. The van der Waals surface area contributed by atoms with Gasteiger partial charge in [-0.3, -0.25) is 13.6 Å². The van der Waals surface area contributed by atoms with Crippen molar-refractivity contribution < 1.29 is 22.9 Å². The summed E-state index contributed by atoms with van der Waals surface area (Å²) >= 11 is 0. The van der Waals surface area contributed by atoms with E-state index < -0.39 is 13.9 Å². The fraction of sp³-hybridized carbons (Fsp3) is 0.462. The second-order valence-electron chi connectivity index (χ2n) is 3.67. The molecule has 0 heterocycles. The van der Waals surface area contributed by atoms with Crippen LogP contribution in [0.3, 0.4) is 0 Å². The normalized spacial score (nSPS) is 12.7. The van der Waals surface area contributed by atoms with E-state index in [0.717, 1.165) is 0 Å². The molecular formula is C13H18NO5P. The Labute approximate surface area is 118 Å². The lowest BCUT2D eigenvalue weighted by Crippen LogP contribution is -2.05. The van der Waals surface area contributed by atoms with E-state index in [2.05, 4.69) is 0 Å². The first kappa shape index (κ1) is 16.7. The third kappa shape index (κ3) is 4.62. The molecule has 0 aromatic heterocycles. The second-order valence-corrected chi connectivity index (χ2v) is 5.29. The van der Waals surface area contributed by atoms with E-state index >= 15 is 0 Å². The molecule has 7 heteroatoms. The van der Waals surface area contributed by atoms with Gasteiger partial charge in [0, 0.05) is 0 Å². The van der Waals surface area contributed by atoms with Crippen LogP contribution in [-0.2, 0) is 18.1 Å². The largest absolute Gasteiger partial charge is 0.497 e. The number of hydrogen-bond acceptors (Lipinski definition) is 6. The van der Waals surface area contributed by atoms with Crippen LogP contribution in [0, 0.1) is 11.3 Å². The van der Waals surface area contributed by atoms with Crippen LogP contribution in [0.15, 0.2) is 24.3 Å². The molecule has 0 aliphatic rings. The molecule has 1 aromatic carbocycles. The van der Waals surface area contributed by atoms with E-state index in [1.165, 1.54) is 0 Å². The van der Waals surface area contributed by atoms with Crippen molar-refractivity contribution in [2.45, 2.75) is 20.0 Å². The molecule has 1 rings (SSSR count). The van der Waals surface area contributed by atoms with Crippen LogP contribution in [-0.4, -0.2) is 20.3 Å². The third-order valence-electron chi connectivity index (χ3n) is 2.34. The molecule has 0 N–H and O–H groups in total. The first-order valence-electron chi connectivity index (χ1n) is 6.19. The Morgan fingerprint density at radius 1 is 1.20 bits per heavy atom. The monoisotopic (exact) mass is 299 g/mol. The lowest BCUT2D eigenvalue weighted by atomic mass is 10.1. The van der Waals surface area contributed by atoms with Crippen LogP contribution >= 0.6 is 7.82 Å². The summed E-state index contributed by atoms with van der Waals surface area (Å²) in [6.45, 7) is 3.67. The van der Waals surface area contributed by atoms with Crippen LogP contribution in [0.4, 0.5) is 0 Å². The van der Waals surface area contributed by atoms with Gasteiger partial charge < -0.3 is 4.74 Å². The maximum absolute atomic E-state index is 12.2. The van der Waals surface area contributed by atoms with Gasteiger partial charge in [-0.25, -0.2) is 4.57 Å². The number of rotatable bonds is 8. The summed E-state index contributed by atoms with van der Waals surface area (Å²) in [5, 5.41) is 9.17. The minimum Gasteiger partial charge on any atom is -0.497 e. The molecule has 1 aromatic rings. The summed E-state index contributed by atoms with van der Waals surface area (Å²) in [7, 11) is -2.18. The van der Waals surface area contributed by atoms with Crippen molar-refractivity contribution in [1.82, 2.24) is 0 Å². The average molecular weight is 299 g/mol. The van der Waals surface area contributed by atoms with Gasteiger partial charge in [-0.1, -0.05) is 12.1 Å². The van der Waals surface area contributed by atoms with E-state index in [-0.39, 0.29) is 13.2 Å². The van der Waals surface area contributed by atoms with Crippen molar-refractivity contribution >= 4 is 7.82 Å². The summed E-state index contributed by atoms with van der Waals surface area (Å²) < 4.78 is 32.5. The number of hydrogen-bond donors (Lipinski definition) is 0. The molecule has 0 aliphatic carbocycles. The predicted octanol–water partition coefficient (Wildman–Crippen LogP) is 3.46.